The van der Waals surface area contributed by atoms with Crippen molar-refractivity contribution in [3.05, 3.63) is 29.0 Å². The summed E-state index contributed by atoms with van der Waals surface area (Å²) < 4.78 is 5.08. The Bertz CT molecular complexity index is 408. The van der Waals surface area contributed by atoms with E-state index < -0.39 is 0 Å². The van der Waals surface area contributed by atoms with Gasteiger partial charge in [0.15, 0.2) is 0 Å². The quantitative estimate of drug-likeness (QED) is 0.723. The van der Waals surface area contributed by atoms with Crippen molar-refractivity contribution in [2.45, 2.75) is 32.7 Å². The minimum absolute atomic E-state index is 0.0896. The highest BCUT2D eigenvalue weighted by Gasteiger charge is 2.23. The van der Waals surface area contributed by atoms with Crippen LogP contribution in [0.3, 0.4) is 0 Å². The predicted molar refractivity (Wildman–Crippen MR) is 76.5 cm³/mol. The molecule has 19 heavy (non-hydrogen) atoms. The van der Waals surface area contributed by atoms with Crippen molar-refractivity contribution in [3.63, 3.8) is 0 Å². The number of amides is 1. The summed E-state index contributed by atoms with van der Waals surface area (Å²) in [7, 11) is 1.63. The summed E-state index contributed by atoms with van der Waals surface area (Å²) in [5.74, 6) is -0.0896. The van der Waals surface area contributed by atoms with Gasteiger partial charge in [-0.1, -0.05) is 31.5 Å². The zero-order valence-electron chi connectivity index (χ0n) is 11.7. The van der Waals surface area contributed by atoms with Gasteiger partial charge in [-0.2, -0.15) is 0 Å². The van der Waals surface area contributed by atoms with Crippen LogP contribution in [-0.4, -0.2) is 42.1 Å². The van der Waals surface area contributed by atoms with Crippen molar-refractivity contribution in [2.24, 2.45) is 0 Å². The number of carbonyl (C=O) groups excluding carboxylic acids is 1. The fraction of sp³-hybridized carbons (Fsp3) is 0.571. The molecule has 1 amide bonds. The van der Waals surface area contributed by atoms with Crippen molar-refractivity contribution in [3.8, 4) is 0 Å². The maximum Gasteiger partial charge on any atom is 0.272 e. The molecule has 0 saturated carbocycles. The Labute approximate surface area is 119 Å². The summed E-state index contributed by atoms with van der Waals surface area (Å²) in [4.78, 5) is 18.4. The number of carbonyl (C=O) groups is 1. The van der Waals surface area contributed by atoms with Crippen LogP contribution >= 0.6 is 11.6 Å². The smallest absolute Gasteiger partial charge is 0.272 e. The molecule has 0 bridgehead atoms. The Morgan fingerprint density at radius 3 is 2.63 bits per heavy atom. The SMILES string of the molecule is CCC(CC)N(CCOC)C(=O)c1cccc(Cl)n1. The molecule has 1 rings (SSSR count). The molecule has 0 aliphatic carbocycles. The second-order valence-electron chi connectivity index (χ2n) is 4.31. The molecule has 106 valence electrons. The number of hydrogen-bond acceptors (Lipinski definition) is 3. The van der Waals surface area contributed by atoms with E-state index in [-0.39, 0.29) is 11.9 Å². The molecule has 5 heteroatoms. The Kier molecular flexibility index (Phi) is 6.81. The number of ether oxygens (including phenoxy) is 1. The summed E-state index contributed by atoms with van der Waals surface area (Å²) in [6, 6.07) is 5.29. The number of methoxy groups -OCH3 is 1. The second kappa shape index (κ2) is 8.12. The first-order valence-electron chi connectivity index (χ1n) is 6.56. The first-order valence-corrected chi connectivity index (χ1v) is 6.94. The average molecular weight is 285 g/mol. The van der Waals surface area contributed by atoms with Crippen LogP contribution in [0.4, 0.5) is 0 Å². The molecule has 0 aliphatic heterocycles. The normalized spacial score (nSPS) is 10.8. The van der Waals surface area contributed by atoms with E-state index in [0.717, 1.165) is 12.8 Å². The Hall–Kier alpha value is -1.13. The van der Waals surface area contributed by atoms with Crippen molar-refractivity contribution >= 4 is 17.5 Å². The number of aromatic nitrogens is 1. The molecule has 0 spiro atoms. The van der Waals surface area contributed by atoms with Gasteiger partial charge in [-0.05, 0) is 25.0 Å². The number of rotatable bonds is 7. The third-order valence-electron chi connectivity index (χ3n) is 3.11. The first kappa shape index (κ1) is 15.9. The third-order valence-corrected chi connectivity index (χ3v) is 3.33. The van der Waals surface area contributed by atoms with Gasteiger partial charge in [0.1, 0.15) is 10.8 Å². The van der Waals surface area contributed by atoms with Gasteiger partial charge in [0.25, 0.3) is 5.91 Å². The molecule has 0 radical (unpaired) electrons. The molecule has 0 N–H and O–H groups in total. The van der Waals surface area contributed by atoms with Gasteiger partial charge in [0.2, 0.25) is 0 Å². The minimum atomic E-state index is -0.0896. The summed E-state index contributed by atoms with van der Waals surface area (Å²) in [5, 5.41) is 0.335. The van der Waals surface area contributed by atoms with E-state index in [4.69, 9.17) is 16.3 Å². The van der Waals surface area contributed by atoms with Gasteiger partial charge in [0, 0.05) is 19.7 Å². The maximum absolute atomic E-state index is 12.5. The highest BCUT2D eigenvalue weighted by molar-refractivity contribution is 6.29. The Balaban J connectivity index is 2.92. The summed E-state index contributed by atoms with van der Waals surface area (Å²) in [6.07, 6.45) is 1.82. The molecule has 1 aromatic heterocycles. The molecular weight excluding hydrogens is 264 g/mol. The zero-order valence-corrected chi connectivity index (χ0v) is 12.5. The predicted octanol–water partition coefficient (Wildman–Crippen LogP) is 3.01. The van der Waals surface area contributed by atoms with Crippen LogP contribution < -0.4 is 0 Å². The molecule has 0 aromatic carbocycles. The van der Waals surface area contributed by atoms with Crippen LogP contribution in [0.25, 0.3) is 0 Å². The van der Waals surface area contributed by atoms with Crippen LogP contribution in [-0.2, 0) is 4.74 Å². The first-order chi connectivity index (χ1) is 9.13. The van der Waals surface area contributed by atoms with Crippen LogP contribution in [0.15, 0.2) is 18.2 Å². The molecule has 0 aliphatic rings. The lowest BCUT2D eigenvalue weighted by Crippen LogP contribution is -2.42. The van der Waals surface area contributed by atoms with Crippen LogP contribution in [0, 0.1) is 0 Å². The number of halogens is 1. The molecule has 0 saturated heterocycles. The van der Waals surface area contributed by atoms with Crippen molar-refractivity contribution in [1.29, 1.82) is 0 Å². The topological polar surface area (TPSA) is 42.4 Å². The number of hydrogen-bond donors (Lipinski definition) is 0. The lowest BCUT2D eigenvalue weighted by atomic mass is 10.1. The lowest BCUT2D eigenvalue weighted by Gasteiger charge is -2.30. The van der Waals surface area contributed by atoms with Gasteiger partial charge in [0.05, 0.1) is 6.61 Å². The second-order valence-corrected chi connectivity index (χ2v) is 4.69. The monoisotopic (exact) mass is 284 g/mol. The third kappa shape index (κ3) is 4.48. The number of nitrogens with zero attached hydrogens (tertiary/aromatic N) is 2. The highest BCUT2D eigenvalue weighted by atomic mass is 35.5. The largest absolute Gasteiger partial charge is 0.383 e. The van der Waals surface area contributed by atoms with Gasteiger partial charge in [-0.3, -0.25) is 4.79 Å². The summed E-state index contributed by atoms with van der Waals surface area (Å²) in [5.41, 5.74) is 0.385. The maximum atomic E-state index is 12.5. The van der Waals surface area contributed by atoms with E-state index >= 15 is 0 Å². The van der Waals surface area contributed by atoms with Crippen LogP contribution in [0.1, 0.15) is 37.2 Å². The van der Waals surface area contributed by atoms with Crippen molar-refractivity contribution < 1.29 is 9.53 Å². The van der Waals surface area contributed by atoms with E-state index in [2.05, 4.69) is 18.8 Å². The van der Waals surface area contributed by atoms with Gasteiger partial charge < -0.3 is 9.64 Å². The molecule has 1 heterocycles. The summed E-state index contributed by atoms with van der Waals surface area (Å²) in [6.45, 7) is 5.23. The molecule has 1 aromatic rings. The average Bonchev–Trinajstić information content (AvgIpc) is 2.43. The van der Waals surface area contributed by atoms with Crippen molar-refractivity contribution in [1.82, 2.24) is 9.88 Å². The zero-order chi connectivity index (χ0) is 14.3. The van der Waals surface area contributed by atoms with E-state index in [1.165, 1.54) is 0 Å². The van der Waals surface area contributed by atoms with E-state index in [1.54, 1.807) is 25.3 Å². The van der Waals surface area contributed by atoms with Gasteiger partial charge in [-0.15, -0.1) is 0 Å². The van der Waals surface area contributed by atoms with E-state index in [1.807, 2.05) is 4.90 Å². The Morgan fingerprint density at radius 1 is 1.42 bits per heavy atom. The fourth-order valence-electron chi connectivity index (χ4n) is 2.04. The standard InChI is InChI=1S/C14H21ClN2O2/c1-4-11(5-2)17(9-10-19-3)14(18)12-7-6-8-13(15)16-12/h6-8,11H,4-5,9-10H2,1-3H3. The molecule has 0 fully saturated rings. The van der Waals surface area contributed by atoms with E-state index in [0.29, 0.717) is 24.0 Å². The summed E-state index contributed by atoms with van der Waals surface area (Å²) >= 11 is 5.84. The lowest BCUT2D eigenvalue weighted by molar-refractivity contribution is 0.0583. The van der Waals surface area contributed by atoms with E-state index in [9.17, 15) is 4.79 Å². The molecular formula is C14H21ClN2O2. The molecule has 0 atom stereocenters. The molecule has 0 unspecified atom stereocenters. The Morgan fingerprint density at radius 2 is 2.11 bits per heavy atom. The van der Waals surface area contributed by atoms with Crippen LogP contribution in [0.2, 0.25) is 5.15 Å². The van der Waals surface area contributed by atoms with Gasteiger partial charge in [-0.25, -0.2) is 4.98 Å². The van der Waals surface area contributed by atoms with Gasteiger partial charge >= 0.3 is 0 Å². The molecule has 4 nitrogen and oxygen atoms in total. The number of pyridine rings is 1. The highest BCUT2D eigenvalue weighted by Crippen LogP contribution is 2.14. The minimum Gasteiger partial charge on any atom is -0.383 e. The fourth-order valence-corrected chi connectivity index (χ4v) is 2.21. The van der Waals surface area contributed by atoms with Crippen molar-refractivity contribution in [2.75, 3.05) is 20.3 Å². The van der Waals surface area contributed by atoms with Crippen LogP contribution in [0.5, 0.6) is 0 Å².